The molecule has 0 aliphatic heterocycles. The van der Waals surface area contributed by atoms with Crippen LogP contribution in [-0.2, 0) is 4.79 Å². The number of benzene rings is 2. The number of carbonyl (C=O) groups excluding carboxylic acids is 3. The Bertz CT molecular complexity index is 955. The zero-order chi connectivity index (χ0) is 23.8. The third kappa shape index (κ3) is 6.73. The van der Waals surface area contributed by atoms with Crippen molar-refractivity contribution in [2.75, 3.05) is 7.11 Å². The number of hydrogen-bond acceptors (Lipinski definition) is 5. The van der Waals surface area contributed by atoms with Gasteiger partial charge in [0.1, 0.15) is 6.04 Å². The Labute approximate surface area is 188 Å². The topological polar surface area (TPSA) is 106 Å². The molecule has 2 aromatic carbocycles. The van der Waals surface area contributed by atoms with Gasteiger partial charge in [0.2, 0.25) is 0 Å². The van der Waals surface area contributed by atoms with E-state index >= 15 is 0 Å². The fraction of sp³-hybridized carbons (Fsp3) is 0.375. The van der Waals surface area contributed by atoms with Crippen molar-refractivity contribution < 1.29 is 23.9 Å². The molecule has 0 aromatic heterocycles. The van der Waals surface area contributed by atoms with E-state index in [9.17, 15) is 14.4 Å². The largest absolute Gasteiger partial charge is 0.493 e. The third-order valence-electron chi connectivity index (χ3n) is 4.64. The van der Waals surface area contributed by atoms with Gasteiger partial charge in [0.25, 0.3) is 17.7 Å². The molecule has 0 aliphatic carbocycles. The standard InChI is InChI=1S/C24H31N3O5/c1-14(2)21(25-22(28)17-9-7-16(5)8-10-17)24(30)27-26-23(29)18-11-12-19(32-15(3)4)20(13-18)31-6/h7-15,21H,1-6H3,(H,25,28)(H,26,29)(H,27,30)/t21-/m0/s1. The number of hydrogen-bond donors (Lipinski definition) is 3. The number of methoxy groups -OCH3 is 1. The van der Waals surface area contributed by atoms with Gasteiger partial charge in [-0.05, 0) is 57.0 Å². The van der Waals surface area contributed by atoms with Crippen LogP contribution in [-0.4, -0.2) is 37.0 Å². The molecule has 2 aromatic rings. The van der Waals surface area contributed by atoms with Crippen LogP contribution in [0.15, 0.2) is 42.5 Å². The predicted molar refractivity (Wildman–Crippen MR) is 122 cm³/mol. The highest BCUT2D eigenvalue weighted by Gasteiger charge is 2.25. The molecule has 3 amide bonds. The molecule has 0 saturated carbocycles. The lowest BCUT2D eigenvalue weighted by atomic mass is 10.0. The summed E-state index contributed by atoms with van der Waals surface area (Å²) < 4.78 is 10.9. The van der Waals surface area contributed by atoms with Gasteiger partial charge in [-0.2, -0.15) is 0 Å². The van der Waals surface area contributed by atoms with Gasteiger partial charge in [0.05, 0.1) is 13.2 Å². The Morgan fingerprint density at radius 1 is 0.812 bits per heavy atom. The van der Waals surface area contributed by atoms with Crippen LogP contribution in [0.2, 0.25) is 0 Å². The molecule has 8 heteroatoms. The maximum atomic E-state index is 12.7. The van der Waals surface area contributed by atoms with E-state index in [0.29, 0.717) is 17.1 Å². The summed E-state index contributed by atoms with van der Waals surface area (Å²) in [6, 6.07) is 10.9. The number of hydrazine groups is 1. The van der Waals surface area contributed by atoms with E-state index in [1.807, 2.05) is 32.9 Å². The summed E-state index contributed by atoms with van der Waals surface area (Å²) >= 11 is 0. The van der Waals surface area contributed by atoms with Gasteiger partial charge >= 0.3 is 0 Å². The average Bonchev–Trinajstić information content (AvgIpc) is 2.75. The summed E-state index contributed by atoms with van der Waals surface area (Å²) in [4.78, 5) is 37.7. The first kappa shape index (κ1) is 24.7. The van der Waals surface area contributed by atoms with Crippen LogP contribution in [0.1, 0.15) is 54.0 Å². The second-order valence-corrected chi connectivity index (χ2v) is 8.04. The summed E-state index contributed by atoms with van der Waals surface area (Å²) in [5.74, 6) is -0.699. The molecule has 3 N–H and O–H groups in total. The minimum absolute atomic E-state index is 0.0500. The normalized spacial score (nSPS) is 11.6. The van der Waals surface area contributed by atoms with Crippen molar-refractivity contribution in [3.05, 3.63) is 59.2 Å². The highest BCUT2D eigenvalue weighted by atomic mass is 16.5. The zero-order valence-corrected chi connectivity index (χ0v) is 19.3. The molecule has 32 heavy (non-hydrogen) atoms. The summed E-state index contributed by atoms with van der Waals surface area (Å²) in [5, 5.41) is 2.72. The number of rotatable bonds is 8. The highest BCUT2D eigenvalue weighted by Crippen LogP contribution is 2.28. The second-order valence-electron chi connectivity index (χ2n) is 8.04. The quantitative estimate of drug-likeness (QED) is 0.546. The van der Waals surface area contributed by atoms with Gasteiger partial charge in [0, 0.05) is 11.1 Å². The second kappa shape index (κ2) is 11.2. The first-order valence-electron chi connectivity index (χ1n) is 10.4. The third-order valence-corrected chi connectivity index (χ3v) is 4.64. The Kier molecular flexibility index (Phi) is 8.63. The molecule has 0 saturated heterocycles. The van der Waals surface area contributed by atoms with Crippen LogP contribution in [0, 0.1) is 12.8 Å². The van der Waals surface area contributed by atoms with Crippen LogP contribution in [0.4, 0.5) is 0 Å². The number of ether oxygens (including phenoxy) is 2. The molecule has 172 valence electrons. The minimum atomic E-state index is -0.833. The van der Waals surface area contributed by atoms with Crippen LogP contribution in [0.25, 0.3) is 0 Å². The average molecular weight is 442 g/mol. The number of nitrogens with one attached hydrogen (secondary N) is 3. The maximum absolute atomic E-state index is 12.7. The lowest BCUT2D eigenvalue weighted by molar-refractivity contribution is -0.124. The molecule has 1 atom stereocenters. The predicted octanol–water partition coefficient (Wildman–Crippen LogP) is 3.01. The van der Waals surface area contributed by atoms with Crippen molar-refractivity contribution in [3.63, 3.8) is 0 Å². The van der Waals surface area contributed by atoms with E-state index in [0.717, 1.165) is 5.56 Å². The number of aryl methyl sites for hydroxylation is 1. The summed E-state index contributed by atoms with van der Waals surface area (Å²) in [7, 11) is 1.48. The molecular formula is C24H31N3O5. The summed E-state index contributed by atoms with van der Waals surface area (Å²) in [6.45, 7) is 9.31. The van der Waals surface area contributed by atoms with Crippen molar-refractivity contribution in [1.29, 1.82) is 0 Å². The Balaban J connectivity index is 2.02. The van der Waals surface area contributed by atoms with Crippen LogP contribution >= 0.6 is 0 Å². The van der Waals surface area contributed by atoms with Gasteiger partial charge in [-0.15, -0.1) is 0 Å². The molecule has 0 radical (unpaired) electrons. The fourth-order valence-corrected chi connectivity index (χ4v) is 2.89. The van der Waals surface area contributed by atoms with Crippen molar-refractivity contribution in [2.24, 2.45) is 5.92 Å². The smallest absolute Gasteiger partial charge is 0.269 e. The molecular weight excluding hydrogens is 410 g/mol. The lowest BCUT2D eigenvalue weighted by Crippen LogP contribution is -2.54. The minimum Gasteiger partial charge on any atom is -0.493 e. The number of amides is 3. The molecule has 0 bridgehead atoms. The molecule has 0 spiro atoms. The monoisotopic (exact) mass is 441 g/mol. The van der Waals surface area contributed by atoms with Crippen molar-refractivity contribution in [2.45, 2.75) is 46.8 Å². The highest BCUT2D eigenvalue weighted by molar-refractivity contribution is 5.99. The molecule has 0 fully saturated rings. The number of carbonyl (C=O) groups is 3. The van der Waals surface area contributed by atoms with Crippen molar-refractivity contribution in [1.82, 2.24) is 16.2 Å². The summed E-state index contributed by atoms with van der Waals surface area (Å²) in [6.07, 6.45) is -0.0500. The van der Waals surface area contributed by atoms with Gasteiger partial charge in [-0.1, -0.05) is 31.5 Å². The van der Waals surface area contributed by atoms with Crippen molar-refractivity contribution in [3.8, 4) is 11.5 Å². The van der Waals surface area contributed by atoms with E-state index in [1.165, 1.54) is 13.2 Å². The summed E-state index contributed by atoms with van der Waals surface area (Å²) in [5.41, 5.74) is 6.53. The van der Waals surface area contributed by atoms with E-state index in [1.54, 1.807) is 38.1 Å². The van der Waals surface area contributed by atoms with E-state index in [-0.39, 0.29) is 23.5 Å². The Hall–Kier alpha value is -3.55. The van der Waals surface area contributed by atoms with Gasteiger partial charge in [0.15, 0.2) is 11.5 Å². The SMILES string of the molecule is COc1cc(C(=O)NNC(=O)[C@@H](NC(=O)c2ccc(C)cc2)C(C)C)ccc1OC(C)C. The molecule has 8 nitrogen and oxygen atoms in total. The Morgan fingerprint density at radius 2 is 1.44 bits per heavy atom. The van der Waals surface area contributed by atoms with Gasteiger partial charge < -0.3 is 14.8 Å². The van der Waals surface area contributed by atoms with Crippen LogP contribution in [0.3, 0.4) is 0 Å². The molecule has 0 heterocycles. The Morgan fingerprint density at radius 3 is 2.00 bits per heavy atom. The lowest BCUT2D eigenvalue weighted by Gasteiger charge is -2.22. The van der Waals surface area contributed by atoms with Gasteiger partial charge in [-0.25, -0.2) is 0 Å². The van der Waals surface area contributed by atoms with E-state index in [4.69, 9.17) is 9.47 Å². The first-order chi connectivity index (χ1) is 15.1. The maximum Gasteiger partial charge on any atom is 0.269 e. The molecule has 0 unspecified atom stereocenters. The van der Waals surface area contributed by atoms with Crippen LogP contribution in [0.5, 0.6) is 11.5 Å². The van der Waals surface area contributed by atoms with Crippen molar-refractivity contribution >= 4 is 17.7 Å². The van der Waals surface area contributed by atoms with E-state index < -0.39 is 17.9 Å². The van der Waals surface area contributed by atoms with Gasteiger partial charge in [-0.3, -0.25) is 25.2 Å². The molecule has 2 rings (SSSR count). The first-order valence-corrected chi connectivity index (χ1v) is 10.4. The zero-order valence-electron chi connectivity index (χ0n) is 19.3. The van der Waals surface area contributed by atoms with E-state index in [2.05, 4.69) is 16.2 Å². The fourth-order valence-electron chi connectivity index (χ4n) is 2.89. The van der Waals surface area contributed by atoms with Crippen LogP contribution < -0.4 is 25.6 Å². The molecule has 0 aliphatic rings.